The maximum absolute atomic E-state index is 12.2. The Balaban J connectivity index is 1.72. The molecule has 2 N–H and O–H groups in total. The molecule has 5 nitrogen and oxygen atoms in total. The fraction of sp³-hybridized carbons (Fsp3) is 0.250. The quantitative estimate of drug-likeness (QED) is 0.835. The predicted molar refractivity (Wildman–Crippen MR) is 81.3 cm³/mol. The molecule has 0 atom stereocenters. The number of hydrogen-bond donors (Lipinski definition) is 2. The average Bonchev–Trinajstić information content (AvgIpc) is 2.55. The molecule has 0 saturated carbocycles. The zero-order valence-electron chi connectivity index (χ0n) is 11.6. The van der Waals surface area contributed by atoms with Crippen molar-refractivity contribution in [2.75, 3.05) is 26.2 Å². The van der Waals surface area contributed by atoms with Gasteiger partial charge in [0.05, 0.1) is 0 Å². The van der Waals surface area contributed by atoms with Gasteiger partial charge >= 0.3 is 6.03 Å². The van der Waals surface area contributed by atoms with Crippen molar-refractivity contribution < 1.29 is 9.59 Å². The fourth-order valence-electron chi connectivity index (χ4n) is 2.45. The number of nitrogens with one attached hydrogen (secondary N) is 2. The molecule has 2 aromatic carbocycles. The van der Waals surface area contributed by atoms with Gasteiger partial charge in [0.1, 0.15) is 0 Å². The van der Waals surface area contributed by atoms with Gasteiger partial charge in [-0.3, -0.25) is 10.1 Å². The van der Waals surface area contributed by atoms with E-state index in [1.54, 1.807) is 17.0 Å². The molecule has 5 heteroatoms. The van der Waals surface area contributed by atoms with Crippen molar-refractivity contribution in [3.05, 3.63) is 48.0 Å². The Labute approximate surface area is 122 Å². The topological polar surface area (TPSA) is 61.4 Å². The summed E-state index contributed by atoms with van der Waals surface area (Å²) in [6.45, 7) is 2.77. The van der Waals surface area contributed by atoms with Crippen LogP contribution in [0.5, 0.6) is 0 Å². The third kappa shape index (κ3) is 3.03. The van der Waals surface area contributed by atoms with Gasteiger partial charge in [-0.15, -0.1) is 0 Å². The lowest BCUT2D eigenvalue weighted by atomic mass is 10.1. The van der Waals surface area contributed by atoms with Crippen molar-refractivity contribution in [3.63, 3.8) is 0 Å². The summed E-state index contributed by atoms with van der Waals surface area (Å²) in [6, 6.07) is 12.9. The van der Waals surface area contributed by atoms with Crippen molar-refractivity contribution in [1.82, 2.24) is 15.5 Å². The summed E-state index contributed by atoms with van der Waals surface area (Å²) in [7, 11) is 0. The lowest BCUT2D eigenvalue weighted by molar-refractivity contribution is 0.0950. The molecular weight excluding hydrogens is 266 g/mol. The Bertz CT molecular complexity index is 678. The number of carbonyl (C=O) groups excluding carboxylic acids is 2. The van der Waals surface area contributed by atoms with Crippen LogP contribution in [0.15, 0.2) is 42.5 Å². The minimum atomic E-state index is -0.357. The maximum Gasteiger partial charge on any atom is 0.324 e. The molecule has 0 spiro atoms. The molecule has 1 aliphatic heterocycles. The summed E-state index contributed by atoms with van der Waals surface area (Å²) >= 11 is 0. The molecule has 21 heavy (non-hydrogen) atoms. The highest BCUT2D eigenvalue weighted by Crippen LogP contribution is 2.15. The van der Waals surface area contributed by atoms with Crippen molar-refractivity contribution in [2.24, 2.45) is 0 Å². The maximum atomic E-state index is 12.2. The van der Waals surface area contributed by atoms with Crippen molar-refractivity contribution in [2.45, 2.75) is 0 Å². The average molecular weight is 283 g/mol. The highest BCUT2D eigenvalue weighted by atomic mass is 16.2. The second-order valence-corrected chi connectivity index (χ2v) is 5.06. The number of rotatable bonds is 1. The number of urea groups is 1. The van der Waals surface area contributed by atoms with E-state index in [1.807, 2.05) is 30.3 Å². The first kappa shape index (κ1) is 13.6. The molecule has 1 saturated heterocycles. The summed E-state index contributed by atoms with van der Waals surface area (Å²) in [5.41, 5.74) is 0.497. The van der Waals surface area contributed by atoms with E-state index in [4.69, 9.17) is 0 Å². The molecule has 0 radical (unpaired) electrons. The van der Waals surface area contributed by atoms with Gasteiger partial charge in [-0.2, -0.15) is 0 Å². The zero-order chi connectivity index (χ0) is 14.7. The summed E-state index contributed by atoms with van der Waals surface area (Å²) < 4.78 is 0. The third-order valence-corrected chi connectivity index (χ3v) is 3.64. The molecule has 1 fully saturated rings. The standard InChI is InChI=1S/C16H17N3O2/c20-15(18-16(21)19-9-7-17-8-10-19)14-6-5-12-3-1-2-4-13(12)11-14/h1-6,11,17H,7-10H2,(H,18,20,21). The number of carbonyl (C=O) groups is 2. The zero-order valence-corrected chi connectivity index (χ0v) is 11.6. The van der Waals surface area contributed by atoms with E-state index in [9.17, 15) is 9.59 Å². The van der Waals surface area contributed by atoms with Crippen LogP contribution in [0.1, 0.15) is 10.4 Å². The van der Waals surface area contributed by atoms with Gasteiger partial charge in [-0.1, -0.05) is 30.3 Å². The Hall–Kier alpha value is -2.40. The van der Waals surface area contributed by atoms with Gasteiger partial charge in [-0.05, 0) is 22.9 Å². The van der Waals surface area contributed by atoms with E-state index in [1.165, 1.54) is 0 Å². The van der Waals surface area contributed by atoms with E-state index in [0.29, 0.717) is 18.7 Å². The second-order valence-electron chi connectivity index (χ2n) is 5.06. The van der Waals surface area contributed by atoms with Gasteiger partial charge in [0.2, 0.25) is 0 Å². The van der Waals surface area contributed by atoms with Gasteiger partial charge < -0.3 is 10.2 Å². The van der Waals surface area contributed by atoms with Crippen LogP contribution in [0.25, 0.3) is 10.8 Å². The van der Waals surface area contributed by atoms with Crippen LogP contribution in [-0.4, -0.2) is 43.0 Å². The monoisotopic (exact) mass is 283 g/mol. The van der Waals surface area contributed by atoms with E-state index >= 15 is 0 Å². The summed E-state index contributed by atoms with van der Waals surface area (Å²) in [6.07, 6.45) is 0. The predicted octanol–water partition coefficient (Wildman–Crippen LogP) is 1.59. The number of benzene rings is 2. The Morgan fingerprint density at radius 3 is 2.48 bits per heavy atom. The lowest BCUT2D eigenvalue weighted by Crippen LogP contribution is -2.51. The molecule has 1 heterocycles. The number of nitrogens with zero attached hydrogens (tertiary/aromatic N) is 1. The van der Waals surface area contributed by atoms with Crippen molar-refractivity contribution >= 4 is 22.7 Å². The SMILES string of the molecule is O=C(NC(=O)N1CCNCC1)c1ccc2ccccc2c1. The molecule has 2 aromatic rings. The molecule has 0 unspecified atom stereocenters. The van der Waals surface area contributed by atoms with E-state index in [0.717, 1.165) is 23.9 Å². The molecule has 0 aromatic heterocycles. The second kappa shape index (κ2) is 5.93. The van der Waals surface area contributed by atoms with Crippen LogP contribution in [0.3, 0.4) is 0 Å². The van der Waals surface area contributed by atoms with E-state index < -0.39 is 0 Å². The smallest absolute Gasteiger partial charge is 0.322 e. The minimum Gasteiger partial charge on any atom is -0.322 e. The number of piperazine rings is 1. The normalized spacial score (nSPS) is 15.0. The van der Waals surface area contributed by atoms with Crippen LogP contribution in [0, 0.1) is 0 Å². The summed E-state index contributed by atoms with van der Waals surface area (Å²) in [5.74, 6) is -0.357. The summed E-state index contributed by atoms with van der Waals surface area (Å²) in [4.78, 5) is 25.8. The number of imide groups is 1. The first-order chi connectivity index (χ1) is 10.2. The molecular formula is C16H17N3O2. The number of amides is 3. The Morgan fingerprint density at radius 2 is 1.71 bits per heavy atom. The van der Waals surface area contributed by atoms with Gasteiger partial charge in [0, 0.05) is 31.7 Å². The molecule has 0 aliphatic carbocycles. The largest absolute Gasteiger partial charge is 0.324 e. The van der Waals surface area contributed by atoms with Gasteiger partial charge in [0.25, 0.3) is 5.91 Å². The van der Waals surface area contributed by atoms with Crippen LogP contribution in [0.4, 0.5) is 4.79 Å². The molecule has 3 amide bonds. The number of hydrogen-bond acceptors (Lipinski definition) is 3. The fourth-order valence-corrected chi connectivity index (χ4v) is 2.45. The van der Waals surface area contributed by atoms with Gasteiger partial charge in [0.15, 0.2) is 0 Å². The first-order valence-electron chi connectivity index (χ1n) is 7.04. The minimum absolute atomic E-state index is 0.324. The van der Waals surface area contributed by atoms with Crippen LogP contribution in [-0.2, 0) is 0 Å². The van der Waals surface area contributed by atoms with Crippen LogP contribution in [0.2, 0.25) is 0 Å². The van der Waals surface area contributed by atoms with Crippen LogP contribution >= 0.6 is 0 Å². The molecule has 3 rings (SSSR count). The molecule has 1 aliphatic rings. The van der Waals surface area contributed by atoms with Gasteiger partial charge in [-0.25, -0.2) is 4.79 Å². The lowest BCUT2D eigenvalue weighted by Gasteiger charge is -2.27. The highest BCUT2D eigenvalue weighted by Gasteiger charge is 2.18. The molecule has 108 valence electrons. The van der Waals surface area contributed by atoms with E-state index in [2.05, 4.69) is 10.6 Å². The first-order valence-corrected chi connectivity index (χ1v) is 7.04. The van der Waals surface area contributed by atoms with E-state index in [-0.39, 0.29) is 11.9 Å². The third-order valence-electron chi connectivity index (χ3n) is 3.64. The Kier molecular flexibility index (Phi) is 3.83. The number of fused-ring (bicyclic) bond motifs is 1. The van der Waals surface area contributed by atoms with Crippen LogP contribution < -0.4 is 10.6 Å². The molecule has 0 bridgehead atoms. The Morgan fingerprint density at radius 1 is 1.00 bits per heavy atom. The van der Waals surface area contributed by atoms with Crippen molar-refractivity contribution in [3.8, 4) is 0 Å². The highest BCUT2D eigenvalue weighted by molar-refractivity contribution is 6.06. The summed E-state index contributed by atoms with van der Waals surface area (Å²) in [5, 5.41) is 7.68. The van der Waals surface area contributed by atoms with Crippen molar-refractivity contribution in [1.29, 1.82) is 0 Å².